The Kier molecular flexibility index (Phi) is 4.75. The lowest BCUT2D eigenvalue weighted by Crippen LogP contribution is -2.09. The van der Waals surface area contributed by atoms with Gasteiger partial charge in [0.05, 0.1) is 5.56 Å². The predicted molar refractivity (Wildman–Crippen MR) is 92.0 cm³/mol. The fourth-order valence-electron chi connectivity index (χ4n) is 2.13. The van der Waals surface area contributed by atoms with Crippen LogP contribution in [0.15, 0.2) is 48.5 Å². The van der Waals surface area contributed by atoms with Crippen molar-refractivity contribution >= 4 is 18.1 Å². The van der Waals surface area contributed by atoms with Crippen molar-refractivity contribution in [1.82, 2.24) is 15.2 Å². The number of H-pyrrole nitrogens is 1. The van der Waals surface area contributed by atoms with E-state index in [0.29, 0.717) is 23.0 Å². The zero-order chi connectivity index (χ0) is 17.6. The first-order valence-electron chi connectivity index (χ1n) is 7.45. The zero-order valence-corrected chi connectivity index (χ0v) is 13.1. The van der Waals surface area contributed by atoms with Gasteiger partial charge in [-0.2, -0.15) is 5.10 Å². The Morgan fingerprint density at radius 3 is 2.60 bits per heavy atom. The van der Waals surface area contributed by atoms with Crippen molar-refractivity contribution in [3.05, 3.63) is 59.9 Å². The number of carboxylic acids is 1. The Labute approximate surface area is 143 Å². The van der Waals surface area contributed by atoms with Crippen molar-refractivity contribution in [2.75, 3.05) is 6.61 Å². The lowest BCUT2D eigenvalue weighted by molar-refractivity contribution is -0.139. The monoisotopic (exact) mass is 337 g/mol. The molecule has 0 unspecified atom stereocenters. The summed E-state index contributed by atoms with van der Waals surface area (Å²) in [6, 6.07) is 13.8. The molecule has 0 radical (unpaired) electrons. The van der Waals surface area contributed by atoms with Crippen LogP contribution in [0.4, 0.5) is 0 Å². The fourth-order valence-corrected chi connectivity index (χ4v) is 2.13. The summed E-state index contributed by atoms with van der Waals surface area (Å²) >= 11 is 0. The second kappa shape index (κ2) is 7.31. The smallest absolute Gasteiger partial charge is 0.341 e. The molecule has 2 aromatic carbocycles. The number of carbonyl (C=O) groups is 1. The predicted octanol–water partition coefficient (Wildman–Crippen LogP) is 2.81. The molecule has 1 heterocycles. The summed E-state index contributed by atoms with van der Waals surface area (Å²) in [5.41, 5.74) is 1.45. The van der Waals surface area contributed by atoms with E-state index in [1.165, 1.54) is 0 Å². The third-order valence-electron chi connectivity index (χ3n) is 3.32. The number of nitrogens with one attached hydrogen (secondary N) is 1. The number of aromatic amines is 1. The van der Waals surface area contributed by atoms with E-state index in [0.717, 1.165) is 5.56 Å². The third kappa shape index (κ3) is 4.23. The van der Waals surface area contributed by atoms with Gasteiger partial charge >= 0.3 is 5.97 Å². The minimum Gasteiger partial charge on any atom is -0.507 e. The van der Waals surface area contributed by atoms with Gasteiger partial charge in [-0.1, -0.05) is 30.3 Å². The molecule has 3 N–H and O–H groups in total. The molecule has 1 aromatic heterocycles. The molecule has 7 heteroatoms. The molecule has 0 aliphatic rings. The maximum absolute atomic E-state index is 10.5. The van der Waals surface area contributed by atoms with Gasteiger partial charge in [-0.15, -0.1) is 0 Å². The van der Waals surface area contributed by atoms with Crippen LogP contribution in [0.3, 0.4) is 0 Å². The Bertz CT molecular complexity index is 901. The van der Waals surface area contributed by atoms with Crippen molar-refractivity contribution in [2.45, 2.75) is 0 Å². The second-order valence-electron chi connectivity index (χ2n) is 5.15. The van der Waals surface area contributed by atoms with Crippen LogP contribution in [-0.4, -0.2) is 38.0 Å². The largest absolute Gasteiger partial charge is 0.507 e. The Morgan fingerprint density at radius 2 is 1.88 bits per heavy atom. The van der Waals surface area contributed by atoms with E-state index in [1.807, 2.05) is 6.08 Å². The van der Waals surface area contributed by atoms with Crippen molar-refractivity contribution in [2.24, 2.45) is 0 Å². The highest BCUT2D eigenvalue weighted by molar-refractivity contribution is 5.70. The minimum absolute atomic E-state index is 0.119. The van der Waals surface area contributed by atoms with E-state index >= 15 is 0 Å². The van der Waals surface area contributed by atoms with Gasteiger partial charge in [-0.05, 0) is 35.9 Å². The first-order valence-corrected chi connectivity index (χ1v) is 7.45. The Morgan fingerprint density at radius 1 is 1.12 bits per heavy atom. The topological polar surface area (TPSA) is 108 Å². The van der Waals surface area contributed by atoms with E-state index in [1.54, 1.807) is 54.6 Å². The molecule has 0 spiro atoms. The number of benzene rings is 2. The average molecular weight is 337 g/mol. The van der Waals surface area contributed by atoms with E-state index in [4.69, 9.17) is 9.84 Å². The summed E-state index contributed by atoms with van der Waals surface area (Å²) in [6.45, 7) is -0.373. The molecule has 3 aromatic rings. The number of aromatic hydroxyl groups is 1. The van der Waals surface area contributed by atoms with Crippen LogP contribution >= 0.6 is 0 Å². The number of phenols is 1. The number of rotatable bonds is 6. The van der Waals surface area contributed by atoms with E-state index in [-0.39, 0.29) is 12.4 Å². The number of carboxylic acid groups (broad SMARTS) is 1. The molecular weight excluding hydrogens is 322 g/mol. The number of aromatic nitrogens is 3. The van der Waals surface area contributed by atoms with Crippen molar-refractivity contribution in [3.8, 4) is 22.9 Å². The normalized spacial score (nSPS) is 10.9. The van der Waals surface area contributed by atoms with E-state index in [2.05, 4.69) is 15.2 Å². The minimum atomic E-state index is -1.02. The Hall–Kier alpha value is -3.61. The maximum atomic E-state index is 10.5. The van der Waals surface area contributed by atoms with Crippen LogP contribution in [0, 0.1) is 0 Å². The SMILES string of the molecule is O=C(O)COc1ccc(/C=C/c2nc(-c3ccccc3O)n[nH]2)cc1. The van der Waals surface area contributed by atoms with Gasteiger partial charge in [-0.25, -0.2) is 9.78 Å². The van der Waals surface area contributed by atoms with Crippen LogP contribution < -0.4 is 4.74 Å². The molecule has 0 atom stereocenters. The quantitative estimate of drug-likeness (QED) is 0.638. The summed E-state index contributed by atoms with van der Waals surface area (Å²) in [5.74, 6) is 0.546. The molecule has 0 saturated heterocycles. The summed E-state index contributed by atoms with van der Waals surface area (Å²) in [6.07, 6.45) is 3.58. The van der Waals surface area contributed by atoms with Crippen LogP contribution in [0.25, 0.3) is 23.5 Å². The number of hydrogen-bond donors (Lipinski definition) is 3. The van der Waals surface area contributed by atoms with Gasteiger partial charge in [0.15, 0.2) is 12.4 Å². The molecule has 25 heavy (non-hydrogen) atoms. The molecule has 0 fully saturated rings. The lowest BCUT2D eigenvalue weighted by Gasteiger charge is -2.02. The van der Waals surface area contributed by atoms with Crippen molar-refractivity contribution in [1.29, 1.82) is 0 Å². The van der Waals surface area contributed by atoms with Crippen LogP contribution in [0.2, 0.25) is 0 Å². The average Bonchev–Trinajstić information content (AvgIpc) is 3.08. The van der Waals surface area contributed by atoms with E-state index < -0.39 is 5.97 Å². The van der Waals surface area contributed by atoms with Crippen LogP contribution in [0.1, 0.15) is 11.4 Å². The molecule has 0 amide bonds. The van der Waals surface area contributed by atoms with Gasteiger partial charge in [0.2, 0.25) is 0 Å². The highest BCUT2D eigenvalue weighted by atomic mass is 16.5. The number of hydrogen-bond acceptors (Lipinski definition) is 5. The highest BCUT2D eigenvalue weighted by Gasteiger charge is 2.08. The first kappa shape index (κ1) is 16.3. The molecule has 7 nitrogen and oxygen atoms in total. The molecular formula is C18H15N3O4. The number of phenolic OH excluding ortho intramolecular Hbond substituents is 1. The van der Waals surface area contributed by atoms with Gasteiger partial charge < -0.3 is 14.9 Å². The number of ether oxygens (including phenoxy) is 1. The molecule has 0 bridgehead atoms. The molecule has 0 aliphatic heterocycles. The first-order chi connectivity index (χ1) is 12.1. The van der Waals surface area contributed by atoms with Gasteiger partial charge in [0.25, 0.3) is 0 Å². The fraction of sp³-hybridized carbons (Fsp3) is 0.0556. The molecule has 126 valence electrons. The number of nitrogens with zero attached hydrogens (tertiary/aromatic N) is 2. The van der Waals surface area contributed by atoms with Crippen LogP contribution in [0.5, 0.6) is 11.5 Å². The zero-order valence-electron chi connectivity index (χ0n) is 13.1. The summed E-state index contributed by atoms with van der Waals surface area (Å²) in [4.78, 5) is 14.8. The highest BCUT2D eigenvalue weighted by Crippen LogP contribution is 2.25. The van der Waals surface area contributed by atoms with Crippen molar-refractivity contribution in [3.63, 3.8) is 0 Å². The number of aliphatic carboxylic acids is 1. The lowest BCUT2D eigenvalue weighted by atomic mass is 10.2. The summed E-state index contributed by atoms with van der Waals surface area (Å²) < 4.78 is 5.07. The van der Waals surface area contributed by atoms with Gasteiger partial charge in [-0.3, -0.25) is 5.10 Å². The van der Waals surface area contributed by atoms with Crippen LogP contribution in [-0.2, 0) is 4.79 Å². The summed E-state index contributed by atoms with van der Waals surface area (Å²) in [7, 11) is 0. The second-order valence-corrected chi connectivity index (χ2v) is 5.15. The summed E-state index contributed by atoms with van der Waals surface area (Å²) in [5, 5.41) is 25.3. The Balaban J connectivity index is 1.68. The third-order valence-corrected chi connectivity index (χ3v) is 3.32. The van der Waals surface area contributed by atoms with E-state index in [9.17, 15) is 9.90 Å². The maximum Gasteiger partial charge on any atom is 0.341 e. The molecule has 3 rings (SSSR count). The van der Waals surface area contributed by atoms with Crippen molar-refractivity contribution < 1.29 is 19.7 Å². The van der Waals surface area contributed by atoms with Gasteiger partial charge in [0, 0.05) is 0 Å². The number of para-hydroxylation sites is 1. The molecule has 0 aliphatic carbocycles. The molecule has 0 saturated carbocycles. The van der Waals surface area contributed by atoms with Gasteiger partial charge in [0.1, 0.15) is 17.3 Å². The standard InChI is InChI=1S/C18H15N3O4/c22-15-4-2-1-3-14(15)18-19-16(20-21-18)10-7-12-5-8-13(9-6-12)25-11-17(23)24/h1-10,22H,11H2,(H,23,24)(H,19,20,21)/b10-7+.